The van der Waals surface area contributed by atoms with E-state index in [1.807, 2.05) is 6.07 Å². The minimum absolute atomic E-state index is 0.0362. The van der Waals surface area contributed by atoms with Crippen molar-refractivity contribution in [2.24, 2.45) is 18.9 Å². The SMILES string of the molecule is Cn1ccc(C2(O)C3CCCC32)cc1=O. The highest BCUT2D eigenvalue weighted by Crippen LogP contribution is 2.65. The molecule has 2 atom stereocenters. The number of aryl methyl sites for hydroxylation is 1. The van der Waals surface area contributed by atoms with E-state index in [0.29, 0.717) is 11.8 Å². The summed E-state index contributed by atoms with van der Waals surface area (Å²) in [5, 5.41) is 10.4. The third-order valence-corrected chi connectivity index (χ3v) is 4.10. The molecule has 1 N–H and O–H groups in total. The maximum Gasteiger partial charge on any atom is 0.250 e. The standard InChI is InChI=1S/C12H15NO2/c1-13-6-5-8(7-11(13)14)12(15)9-3-2-4-10(9)12/h5-7,9-10,15H,2-4H2,1H3. The molecule has 0 aromatic carbocycles. The van der Waals surface area contributed by atoms with E-state index in [1.54, 1.807) is 19.3 Å². The van der Waals surface area contributed by atoms with Crippen molar-refractivity contribution in [3.63, 3.8) is 0 Å². The molecule has 1 heterocycles. The average Bonchev–Trinajstić information content (AvgIpc) is 2.66. The summed E-state index contributed by atoms with van der Waals surface area (Å²) < 4.78 is 1.53. The van der Waals surface area contributed by atoms with E-state index in [4.69, 9.17) is 0 Å². The van der Waals surface area contributed by atoms with Crippen LogP contribution in [0.5, 0.6) is 0 Å². The zero-order valence-corrected chi connectivity index (χ0v) is 8.81. The fraction of sp³-hybridized carbons (Fsp3) is 0.583. The van der Waals surface area contributed by atoms with Crippen LogP contribution in [-0.2, 0) is 12.6 Å². The van der Waals surface area contributed by atoms with E-state index >= 15 is 0 Å². The summed E-state index contributed by atoms with van der Waals surface area (Å²) >= 11 is 0. The van der Waals surface area contributed by atoms with Crippen molar-refractivity contribution in [2.45, 2.75) is 24.9 Å². The number of pyridine rings is 1. The first-order valence-corrected chi connectivity index (χ1v) is 5.53. The van der Waals surface area contributed by atoms with Gasteiger partial charge in [0.15, 0.2) is 0 Å². The van der Waals surface area contributed by atoms with Crippen LogP contribution < -0.4 is 5.56 Å². The van der Waals surface area contributed by atoms with E-state index in [0.717, 1.165) is 18.4 Å². The molecule has 1 aromatic heterocycles. The first kappa shape index (κ1) is 9.16. The summed E-state index contributed by atoms with van der Waals surface area (Å²) in [6.45, 7) is 0. The van der Waals surface area contributed by atoms with Crippen LogP contribution in [-0.4, -0.2) is 9.67 Å². The largest absolute Gasteiger partial charge is 0.385 e. The molecule has 2 aliphatic carbocycles. The van der Waals surface area contributed by atoms with Crippen molar-refractivity contribution >= 4 is 0 Å². The maximum absolute atomic E-state index is 11.5. The van der Waals surface area contributed by atoms with E-state index < -0.39 is 5.60 Å². The van der Waals surface area contributed by atoms with Gasteiger partial charge >= 0.3 is 0 Å². The summed E-state index contributed by atoms with van der Waals surface area (Å²) in [6.07, 6.45) is 5.18. The Morgan fingerprint density at radius 1 is 1.47 bits per heavy atom. The molecule has 2 fully saturated rings. The summed E-state index contributed by atoms with van der Waals surface area (Å²) in [7, 11) is 1.73. The normalized spacial score (nSPS) is 37.7. The maximum atomic E-state index is 11.5. The molecule has 1 aromatic rings. The highest BCUT2D eigenvalue weighted by Gasteiger charge is 2.66. The second-order valence-electron chi connectivity index (χ2n) is 4.83. The molecule has 80 valence electrons. The van der Waals surface area contributed by atoms with Gasteiger partial charge in [0.25, 0.3) is 5.56 Å². The van der Waals surface area contributed by atoms with Crippen LogP contribution in [0.2, 0.25) is 0 Å². The van der Waals surface area contributed by atoms with Crippen LogP contribution in [0.15, 0.2) is 23.1 Å². The minimum atomic E-state index is -0.675. The Morgan fingerprint density at radius 2 is 2.13 bits per heavy atom. The lowest BCUT2D eigenvalue weighted by Crippen LogP contribution is -2.21. The number of nitrogens with zero attached hydrogens (tertiary/aromatic N) is 1. The Hall–Kier alpha value is -1.09. The van der Waals surface area contributed by atoms with Crippen LogP contribution in [0.1, 0.15) is 24.8 Å². The molecule has 15 heavy (non-hydrogen) atoms. The third kappa shape index (κ3) is 1.07. The molecule has 2 saturated carbocycles. The molecular weight excluding hydrogens is 190 g/mol. The number of rotatable bonds is 1. The van der Waals surface area contributed by atoms with Crippen molar-refractivity contribution in [3.05, 3.63) is 34.2 Å². The van der Waals surface area contributed by atoms with Crippen molar-refractivity contribution in [2.75, 3.05) is 0 Å². The van der Waals surface area contributed by atoms with Crippen LogP contribution in [0.4, 0.5) is 0 Å². The summed E-state index contributed by atoms with van der Waals surface area (Å²) in [5.41, 5.74) is 0.109. The summed E-state index contributed by atoms with van der Waals surface area (Å²) in [4.78, 5) is 11.5. The van der Waals surface area contributed by atoms with E-state index in [-0.39, 0.29) is 5.56 Å². The number of aliphatic hydroxyl groups is 1. The molecule has 3 nitrogen and oxygen atoms in total. The Morgan fingerprint density at radius 3 is 2.73 bits per heavy atom. The fourth-order valence-electron chi connectivity index (χ4n) is 3.15. The predicted molar refractivity (Wildman–Crippen MR) is 56.4 cm³/mol. The average molecular weight is 205 g/mol. The smallest absolute Gasteiger partial charge is 0.250 e. The first-order valence-electron chi connectivity index (χ1n) is 5.53. The topological polar surface area (TPSA) is 42.2 Å². The van der Waals surface area contributed by atoms with Crippen molar-refractivity contribution in [1.29, 1.82) is 0 Å². The first-order chi connectivity index (χ1) is 7.14. The number of hydrogen-bond acceptors (Lipinski definition) is 2. The van der Waals surface area contributed by atoms with Gasteiger partial charge in [0.2, 0.25) is 0 Å². The lowest BCUT2D eigenvalue weighted by Gasteiger charge is -2.14. The Balaban J connectivity index is 2.01. The van der Waals surface area contributed by atoms with E-state index in [9.17, 15) is 9.90 Å². The summed E-state index contributed by atoms with van der Waals surface area (Å²) in [5.74, 6) is 0.814. The highest BCUT2D eigenvalue weighted by molar-refractivity contribution is 5.32. The van der Waals surface area contributed by atoms with Gasteiger partial charge in [0.05, 0.1) is 5.60 Å². The van der Waals surface area contributed by atoms with Gasteiger partial charge in [-0.05, 0) is 36.3 Å². The van der Waals surface area contributed by atoms with Crippen molar-refractivity contribution < 1.29 is 5.11 Å². The van der Waals surface area contributed by atoms with Crippen LogP contribution in [0, 0.1) is 11.8 Å². The molecular formula is C12H15NO2. The number of hydrogen-bond donors (Lipinski definition) is 1. The second-order valence-corrected chi connectivity index (χ2v) is 4.83. The molecule has 2 unspecified atom stereocenters. The fourth-order valence-corrected chi connectivity index (χ4v) is 3.15. The Kier molecular flexibility index (Phi) is 1.67. The van der Waals surface area contributed by atoms with Gasteiger partial charge in [-0.2, -0.15) is 0 Å². The van der Waals surface area contributed by atoms with Crippen LogP contribution in [0.3, 0.4) is 0 Å². The van der Waals surface area contributed by atoms with Crippen LogP contribution in [0.25, 0.3) is 0 Å². The van der Waals surface area contributed by atoms with Gasteiger partial charge in [-0.1, -0.05) is 6.42 Å². The minimum Gasteiger partial charge on any atom is -0.385 e. The monoisotopic (exact) mass is 205 g/mol. The summed E-state index contributed by atoms with van der Waals surface area (Å²) in [6, 6.07) is 3.46. The molecule has 2 aliphatic rings. The number of aromatic nitrogens is 1. The van der Waals surface area contributed by atoms with E-state index in [2.05, 4.69) is 0 Å². The molecule has 3 heteroatoms. The van der Waals surface area contributed by atoms with Gasteiger partial charge in [-0.15, -0.1) is 0 Å². The van der Waals surface area contributed by atoms with Gasteiger partial charge < -0.3 is 9.67 Å². The molecule has 3 rings (SSSR count). The van der Waals surface area contributed by atoms with Crippen molar-refractivity contribution in [3.8, 4) is 0 Å². The molecule has 0 saturated heterocycles. The second kappa shape index (κ2) is 2.73. The molecule has 0 radical (unpaired) electrons. The third-order valence-electron chi connectivity index (χ3n) is 4.10. The Labute approximate surface area is 88.4 Å². The van der Waals surface area contributed by atoms with Gasteiger partial charge in [-0.3, -0.25) is 4.79 Å². The molecule has 0 amide bonds. The van der Waals surface area contributed by atoms with Gasteiger partial charge in [-0.25, -0.2) is 0 Å². The lowest BCUT2D eigenvalue weighted by molar-refractivity contribution is 0.105. The molecule has 0 spiro atoms. The van der Waals surface area contributed by atoms with Gasteiger partial charge in [0, 0.05) is 19.3 Å². The highest BCUT2D eigenvalue weighted by atomic mass is 16.3. The predicted octanol–water partition coefficient (Wildman–Crippen LogP) is 1.00. The zero-order valence-electron chi connectivity index (χ0n) is 8.81. The van der Waals surface area contributed by atoms with Crippen LogP contribution >= 0.6 is 0 Å². The van der Waals surface area contributed by atoms with E-state index in [1.165, 1.54) is 11.0 Å². The Bertz CT molecular complexity index is 453. The quantitative estimate of drug-likeness (QED) is 0.743. The zero-order chi connectivity index (χ0) is 10.6. The number of fused-ring (bicyclic) bond motifs is 1. The van der Waals surface area contributed by atoms with Gasteiger partial charge in [0.1, 0.15) is 0 Å². The lowest BCUT2D eigenvalue weighted by atomic mass is 10.0. The van der Waals surface area contributed by atoms with Crippen molar-refractivity contribution in [1.82, 2.24) is 4.57 Å². The molecule has 0 bridgehead atoms. The molecule has 0 aliphatic heterocycles.